The van der Waals surface area contributed by atoms with Crippen molar-refractivity contribution in [3.63, 3.8) is 0 Å². The van der Waals surface area contributed by atoms with Gasteiger partial charge in [0.1, 0.15) is 0 Å². The molecule has 1 aliphatic carbocycles. The fraction of sp³-hybridized carbons (Fsp3) is 0.294. The van der Waals surface area contributed by atoms with Gasteiger partial charge in [-0.3, -0.25) is 0 Å². The summed E-state index contributed by atoms with van der Waals surface area (Å²) in [6, 6.07) is 15.8. The van der Waals surface area contributed by atoms with Gasteiger partial charge in [0.05, 0.1) is 0 Å². The lowest BCUT2D eigenvalue weighted by Crippen LogP contribution is -2.34. The summed E-state index contributed by atoms with van der Waals surface area (Å²) in [5.74, 6) is 0.710. The molecule has 0 saturated heterocycles. The van der Waals surface area contributed by atoms with E-state index in [0.29, 0.717) is 12.0 Å². The standard InChI is InChI=1S/C17H17Br2N/c1-11-2-4-12(5-3-11)13-8-15(9-13)20-17-7-6-14(18)10-16(17)19/h2-7,10,13,15,20H,8-9H2,1H3. The van der Waals surface area contributed by atoms with Crippen LogP contribution in [0.1, 0.15) is 29.9 Å². The number of hydrogen-bond donors (Lipinski definition) is 1. The Balaban J connectivity index is 1.59. The zero-order valence-corrected chi connectivity index (χ0v) is 14.5. The van der Waals surface area contributed by atoms with Crippen LogP contribution in [0.15, 0.2) is 51.4 Å². The van der Waals surface area contributed by atoms with Crippen molar-refractivity contribution in [2.75, 3.05) is 5.32 Å². The van der Waals surface area contributed by atoms with Gasteiger partial charge >= 0.3 is 0 Å². The first-order valence-electron chi connectivity index (χ1n) is 6.90. The van der Waals surface area contributed by atoms with E-state index in [4.69, 9.17) is 0 Å². The first-order chi connectivity index (χ1) is 9.61. The van der Waals surface area contributed by atoms with Gasteiger partial charge in [-0.05, 0) is 65.4 Å². The molecule has 0 atom stereocenters. The summed E-state index contributed by atoms with van der Waals surface area (Å²) in [6.45, 7) is 2.14. The van der Waals surface area contributed by atoms with Crippen LogP contribution in [-0.4, -0.2) is 6.04 Å². The van der Waals surface area contributed by atoms with Gasteiger partial charge in [-0.15, -0.1) is 0 Å². The van der Waals surface area contributed by atoms with Gasteiger partial charge in [-0.25, -0.2) is 0 Å². The predicted molar refractivity (Wildman–Crippen MR) is 92.4 cm³/mol. The minimum absolute atomic E-state index is 0.582. The summed E-state index contributed by atoms with van der Waals surface area (Å²) >= 11 is 7.09. The molecule has 3 heteroatoms. The second-order valence-corrected chi connectivity index (χ2v) is 7.31. The smallest absolute Gasteiger partial charge is 0.0487 e. The van der Waals surface area contributed by atoms with Gasteiger partial charge in [0.15, 0.2) is 0 Å². The van der Waals surface area contributed by atoms with Crippen LogP contribution in [0, 0.1) is 6.92 Å². The molecule has 0 aromatic heterocycles. The Morgan fingerprint density at radius 1 is 1.00 bits per heavy atom. The van der Waals surface area contributed by atoms with Gasteiger partial charge in [0, 0.05) is 20.7 Å². The highest BCUT2D eigenvalue weighted by Crippen LogP contribution is 2.39. The van der Waals surface area contributed by atoms with E-state index >= 15 is 0 Å². The molecule has 1 N–H and O–H groups in total. The predicted octanol–water partition coefficient (Wildman–Crippen LogP) is 5.88. The molecule has 1 saturated carbocycles. The molecular formula is C17H17Br2N. The van der Waals surface area contributed by atoms with Crippen LogP contribution in [0.4, 0.5) is 5.69 Å². The number of anilines is 1. The summed E-state index contributed by atoms with van der Waals surface area (Å²) in [5.41, 5.74) is 3.99. The zero-order valence-electron chi connectivity index (χ0n) is 11.4. The van der Waals surface area contributed by atoms with E-state index in [-0.39, 0.29) is 0 Å². The number of nitrogens with one attached hydrogen (secondary N) is 1. The normalized spacial score (nSPS) is 21.4. The third kappa shape index (κ3) is 3.09. The average Bonchev–Trinajstić information content (AvgIpc) is 2.37. The molecule has 0 spiro atoms. The lowest BCUT2D eigenvalue weighted by molar-refractivity contribution is 0.374. The molecule has 1 nitrogen and oxygen atoms in total. The molecule has 20 heavy (non-hydrogen) atoms. The molecule has 0 bridgehead atoms. The van der Waals surface area contributed by atoms with Crippen molar-refractivity contribution in [3.05, 3.63) is 62.5 Å². The summed E-state index contributed by atoms with van der Waals surface area (Å²) in [7, 11) is 0. The third-order valence-electron chi connectivity index (χ3n) is 3.98. The maximum Gasteiger partial charge on any atom is 0.0487 e. The summed E-state index contributed by atoms with van der Waals surface area (Å²) in [6.07, 6.45) is 2.43. The van der Waals surface area contributed by atoms with Crippen LogP contribution < -0.4 is 5.32 Å². The van der Waals surface area contributed by atoms with Gasteiger partial charge < -0.3 is 5.32 Å². The van der Waals surface area contributed by atoms with Gasteiger partial charge in [-0.2, -0.15) is 0 Å². The SMILES string of the molecule is Cc1ccc(C2CC(Nc3ccc(Br)cc3Br)C2)cc1. The Labute approximate surface area is 137 Å². The van der Waals surface area contributed by atoms with Crippen LogP contribution in [-0.2, 0) is 0 Å². The van der Waals surface area contributed by atoms with Gasteiger partial charge in [0.2, 0.25) is 0 Å². The molecule has 2 aromatic rings. The number of rotatable bonds is 3. The van der Waals surface area contributed by atoms with E-state index in [1.807, 2.05) is 0 Å². The van der Waals surface area contributed by atoms with Crippen LogP contribution in [0.5, 0.6) is 0 Å². The fourth-order valence-corrected chi connectivity index (χ4v) is 3.83. The zero-order chi connectivity index (χ0) is 14.1. The van der Waals surface area contributed by atoms with E-state index in [0.717, 1.165) is 8.95 Å². The quantitative estimate of drug-likeness (QED) is 0.685. The Kier molecular flexibility index (Phi) is 4.18. The lowest BCUT2D eigenvalue weighted by Gasteiger charge is -2.37. The highest BCUT2D eigenvalue weighted by atomic mass is 79.9. The summed E-state index contributed by atoms with van der Waals surface area (Å²) in [5, 5.41) is 3.62. The maximum absolute atomic E-state index is 3.62. The second kappa shape index (κ2) is 5.90. The Morgan fingerprint density at radius 2 is 1.70 bits per heavy atom. The number of halogens is 2. The lowest BCUT2D eigenvalue weighted by atomic mass is 9.75. The Bertz CT molecular complexity index is 601. The van der Waals surface area contributed by atoms with E-state index in [9.17, 15) is 0 Å². The van der Waals surface area contributed by atoms with E-state index < -0.39 is 0 Å². The highest BCUT2D eigenvalue weighted by Gasteiger charge is 2.30. The van der Waals surface area contributed by atoms with Crippen molar-refractivity contribution < 1.29 is 0 Å². The minimum atomic E-state index is 0.582. The van der Waals surface area contributed by atoms with Gasteiger partial charge in [0.25, 0.3) is 0 Å². The van der Waals surface area contributed by atoms with E-state index in [1.54, 1.807) is 0 Å². The summed E-state index contributed by atoms with van der Waals surface area (Å²) in [4.78, 5) is 0. The third-order valence-corrected chi connectivity index (χ3v) is 5.13. The molecule has 1 fully saturated rings. The molecule has 3 rings (SSSR count). The Hall–Kier alpha value is -0.800. The van der Waals surface area contributed by atoms with Crippen molar-refractivity contribution >= 4 is 37.5 Å². The molecule has 1 aliphatic rings. The molecule has 0 amide bonds. The van der Waals surface area contributed by atoms with Crippen LogP contribution in [0.25, 0.3) is 0 Å². The first kappa shape index (κ1) is 14.2. The van der Waals surface area contributed by atoms with Crippen molar-refractivity contribution in [1.82, 2.24) is 0 Å². The number of benzene rings is 2. The topological polar surface area (TPSA) is 12.0 Å². The van der Waals surface area contributed by atoms with Crippen molar-refractivity contribution in [2.45, 2.75) is 31.7 Å². The van der Waals surface area contributed by atoms with Crippen LogP contribution in [0.3, 0.4) is 0 Å². The number of hydrogen-bond acceptors (Lipinski definition) is 1. The van der Waals surface area contributed by atoms with Crippen LogP contribution >= 0.6 is 31.9 Å². The monoisotopic (exact) mass is 393 g/mol. The molecule has 2 aromatic carbocycles. The average molecular weight is 395 g/mol. The number of aryl methyl sites for hydroxylation is 1. The van der Waals surface area contributed by atoms with Crippen molar-refractivity contribution in [3.8, 4) is 0 Å². The Morgan fingerprint density at radius 3 is 2.35 bits per heavy atom. The second-order valence-electron chi connectivity index (χ2n) is 5.54. The molecule has 0 radical (unpaired) electrons. The minimum Gasteiger partial charge on any atom is -0.381 e. The fourth-order valence-electron chi connectivity index (χ4n) is 2.67. The molecule has 0 heterocycles. The maximum atomic E-state index is 3.62. The highest BCUT2D eigenvalue weighted by molar-refractivity contribution is 9.11. The molecule has 0 unspecified atom stereocenters. The van der Waals surface area contributed by atoms with E-state index in [1.165, 1.54) is 29.7 Å². The van der Waals surface area contributed by atoms with Crippen molar-refractivity contribution in [1.29, 1.82) is 0 Å². The molecule has 104 valence electrons. The van der Waals surface area contributed by atoms with Crippen molar-refractivity contribution in [2.24, 2.45) is 0 Å². The molecular weight excluding hydrogens is 378 g/mol. The van der Waals surface area contributed by atoms with Crippen LogP contribution in [0.2, 0.25) is 0 Å². The van der Waals surface area contributed by atoms with E-state index in [2.05, 4.69) is 86.6 Å². The first-order valence-corrected chi connectivity index (χ1v) is 8.48. The van der Waals surface area contributed by atoms with Gasteiger partial charge in [-0.1, -0.05) is 45.8 Å². The summed E-state index contributed by atoms with van der Waals surface area (Å²) < 4.78 is 2.21. The largest absolute Gasteiger partial charge is 0.381 e. The molecule has 0 aliphatic heterocycles.